The quantitative estimate of drug-likeness (QED) is 0.775. The summed E-state index contributed by atoms with van der Waals surface area (Å²) < 4.78 is 8.60. The first-order chi connectivity index (χ1) is 9.69. The molecule has 2 aromatic heterocycles. The summed E-state index contributed by atoms with van der Waals surface area (Å²) in [6, 6.07) is 11.2. The molecule has 3 rings (SSSR count). The van der Waals surface area contributed by atoms with E-state index in [4.69, 9.17) is 22.1 Å². The summed E-state index contributed by atoms with van der Waals surface area (Å²) in [5.41, 5.74) is 7.39. The summed E-state index contributed by atoms with van der Waals surface area (Å²) >= 11 is 9.51. The second kappa shape index (κ2) is 5.44. The molecule has 4 nitrogen and oxygen atoms in total. The minimum Gasteiger partial charge on any atom is -0.436 e. The molecule has 0 aliphatic carbocycles. The first-order valence-corrected chi connectivity index (χ1v) is 7.15. The summed E-state index contributed by atoms with van der Waals surface area (Å²) in [6.07, 6.45) is 1.90. The fraction of sp³-hybridized carbons (Fsp3) is 0.0714. The van der Waals surface area contributed by atoms with Crippen LogP contribution in [0.15, 0.2) is 47.1 Å². The number of fused-ring (bicyclic) bond motifs is 1. The molecule has 0 amide bonds. The number of imidazole rings is 1. The topological polar surface area (TPSA) is 52.5 Å². The number of nitrogens with zero attached hydrogens (tertiary/aromatic N) is 2. The molecule has 0 unspecified atom stereocenters. The predicted molar refractivity (Wildman–Crippen MR) is 82.3 cm³/mol. The number of rotatable bonds is 3. The summed E-state index contributed by atoms with van der Waals surface area (Å²) in [5.74, 6) is 1.02. The molecule has 0 atom stereocenters. The van der Waals surface area contributed by atoms with Crippen molar-refractivity contribution in [2.75, 3.05) is 0 Å². The van der Waals surface area contributed by atoms with E-state index in [0.29, 0.717) is 23.2 Å². The number of halogens is 2. The Morgan fingerprint density at radius 3 is 2.90 bits per heavy atom. The monoisotopic (exact) mass is 351 g/mol. The number of hydrogen-bond acceptors (Lipinski definition) is 3. The largest absolute Gasteiger partial charge is 0.436 e. The van der Waals surface area contributed by atoms with Gasteiger partial charge in [-0.3, -0.25) is 4.40 Å². The average molecular weight is 353 g/mol. The lowest BCUT2D eigenvalue weighted by atomic mass is 10.3. The van der Waals surface area contributed by atoms with Gasteiger partial charge in [0.2, 0.25) is 5.88 Å². The molecule has 0 aliphatic heterocycles. The highest BCUT2D eigenvalue weighted by atomic mass is 79.9. The van der Waals surface area contributed by atoms with Crippen molar-refractivity contribution in [3.05, 3.63) is 57.8 Å². The van der Waals surface area contributed by atoms with Crippen LogP contribution in [-0.2, 0) is 6.54 Å². The first-order valence-electron chi connectivity index (χ1n) is 5.98. The number of ether oxygens (including phenoxy) is 1. The molecule has 0 saturated carbocycles. The molecule has 20 heavy (non-hydrogen) atoms. The number of benzene rings is 1. The highest BCUT2D eigenvalue weighted by Crippen LogP contribution is 2.33. The summed E-state index contributed by atoms with van der Waals surface area (Å²) in [4.78, 5) is 4.43. The van der Waals surface area contributed by atoms with Crippen LogP contribution in [-0.4, -0.2) is 9.38 Å². The van der Waals surface area contributed by atoms with Crippen LogP contribution >= 0.6 is 27.5 Å². The molecule has 1 aromatic carbocycles. The van der Waals surface area contributed by atoms with Gasteiger partial charge in [0.15, 0.2) is 0 Å². The Morgan fingerprint density at radius 1 is 1.30 bits per heavy atom. The van der Waals surface area contributed by atoms with Crippen molar-refractivity contribution in [3.8, 4) is 11.6 Å². The molecule has 0 saturated heterocycles. The molecular formula is C14H11BrClN3O. The number of pyridine rings is 1. The lowest BCUT2D eigenvalue weighted by Gasteiger charge is -2.07. The number of hydrogen-bond donors (Lipinski definition) is 1. The lowest BCUT2D eigenvalue weighted by molar-refractivity contribution is 0.459. The van der Waals surface area contributed by atoms with Gasteiger partial charge in [0.25, 0.3) is 0 Å². The van der Waals surface area contributed by atoms with E-state index in [1.54, 1.807) is 12.1 Å². The second-order valence-corrected chi connectivity index (χ2v) is 5.50. The van der Waals surface area contributed by atoms with Crippen molar-refractivity contribution in [2.24, 2.45) is 5.73 Å². The van der Waals surface area contributed by atoms with E-state index >= 15 is 0 Å². The minimum absolute atomic E-state index is 0.328. The zero-order valence-corrected chi connectivity index (χ0v) is 12.7. The molecule has 0 aliphatic rings. The maximum absolute atomic E-state index is 6.15. The van der Waals surface area contributed by atoms with Crippen LogP contribution in [0.2, 0.25) is 5.02 Å². The summed E-state index contributed by atoms with van der Waals surface area (Å²) in [6.45, 7) is 0.328. The van der Waals surface area contributed by atoms with E-state index in [0.717, 1.165) is 15.8 Å². The van der Waals surface area contributed by atoms with Gasteiger partial charge in [-0.1, -0.05) is 33.6 Å². The van der Waals surface area contributed by atoms with Gasteiger partial charge in [-0.25, -0.2) is 0 Å². The maximum atomic E-state index is 6.15. The Morgan fingerprint density at radius 2 is 2.15 bits per heavy atom. The van der Waals surface area contributed by atoms with Crippen molar-refractivity contribution in [3.63, 3.8) is 0 Å². The molecule has 6 heteroatoms. The van der Waals surface area contributed by atoms with Crippen LogP contribution in [0.4, 0.5) is 0 Å². The SMILES string of the molecule is NCc1c(Oc2ccc(Br)cc2Cl)nc2ccccn12. The lowest BCUT2D eigenvalue weighted by Crippen LogP contribution is -2.02. The Balaban J connectivity index is 2.06. The third-order valence-corrected chi connectivity index (χ3v) is 3.67. The van der Waals surface area contributed by atoms with Gasteiger partial charge in [0.05, 0.1) is 5.02 Å². The van der Waals surface area contributed by atoms with E-state index in [1.807, 2.05) is 34.9 Å². The van der Waals surface area contributed by atoms with Gasteiger partial charge in [-0.05, 0) is 30.3 Å². The van der Waals surface area contributed by atoms with Gasteiger partial charge in [0.1, 0.15) is 17.1 Å². The van der Waals surface area contributed by atoms with Gasteiger partial charge in [0, 0.05) is 17.2 Å². The second-order valence-electron chi connectivity index (χ2n) is 4.17. The fourth-order valence-corrected chi connectivity index (χ4v) is 2.67. The van der Waals surface area contributed by atoms with Crippen molar-refractivity contribution in [2.45, 2.75) is 6.54 Å². The highest BCUT2D eigenvalue weighted by Gasteiger charge is 2.14. The minimum atomic E-state index is 0.328. The Hall–Kier alpha value is -1.56. The molecule has 0 spiro atoms. The molecule has 0 fully saturated rings. The van der Waals surface area contributed by atoms with Crippen molar-refractivity contribution in [1.82, 2.24) is 9.38 Å². The zero-order chi connectivity index (χ0) is 14.1. The third-order valence-electron chi connectivity index (χ3n) is 2.89. The van der Waals surface area contributed by atoms with Gasteiger partial charge < -0.3 is 10.5 Å². The smallest absolute Gasteiger partial charge is 0.242 e. The van der Waals surface area contributed by atoms with Crippen LogP contribution in [0.5, 0.6) is 11.6 Å². The van der Waals surface area contributed by atoms with Crippen LogP contribution in [0, 0.1) is 0 Å². The van der Waals surface area contributed by atoms with Gasteiger partial charge in [-0.15, -0.1) is 0 Å². The Kier molecular flexibility index (Phi) is 3.65. The average Bonchev–Trinajstić information content (AvgIpc) is 2.79. The third kappa shape index (κ3) is 2.40. The molecule has 0 radical (unpaired) electrons. The first kappa shape index (κ1) is 13.4. The fourth-order valence-electron chi connectivity index (χ4n) is 1.95. The molecule has 2 N–H and O–H groups in total. The van der Waals surface area contributed by atoms with Crippen LogP contribution in [0.25, 0.3) is 5.65 Å². The maximum Gasteiger partial charge on any atom is 0.242 e. The standard InChI is InChI=1S/C14H11BrClN3O/c15-9-4-5-12(10(16)7-9)20-14-11(8-17)19-6-2-1-3-13(19)18-14/h1-7H,8,17H2. The molecular weight excluding hydrogens is 342 g/mol. The molecule has 2 heterocycles. The van der Waals surface area contributed by atoms with Crippen molar-refractivity contribution in [1.29, 1.82) is 0 Å². The van der Waals surface area contributed by atoms with Crippen molar-refractivity contribution < 1.29 is 4.74 Å². The summed E-state index contributed by atoms with van der Waals surface area (Å²) in [7, 11) is 0. The zero-order valence-electron chi connectivity index (χ0n) is 10.4. The van der Waals surface area contributed by atoms with Gasteiger partial charge >= 0.3 is 0 Å². The normalized spacial score (nSPS) is 10.9. The molecule has 3 aromatic rings. The van der Waals surface area contributed by atoms with Crippen LogP contribution in [0.3, 0.4) is 0 Å². The van der Waals surface area contributed by atoms with Crippen molar-refractivity contribution >= 4 is 33.2 Å². The van der Waals surface area contributed by atoms with Crippen LogP contribution in [0.1, 0.15) is 5.69 Å². The Bertz CT molecular complexity index is 772. The molecule has 102 valence electrons. The summed E-state index contributed by atoms with van der Waals surface area (Å²) in [5, 5.41) is 0.513. The van der Waals surface area contributed by atoms with E-state index in [-0.39, 0.29) is 0 Å². The number of aromatic nitrogens is 2. The molecule has 0 bridgehead atoms. The van der Waals surface area contributed by atoms with E-state index in [9.17, 15) is 0 Å². The van der Waals surface area contributed by atoms with E-state index in [2.05, 4.69) is 20.9 Å². The number of nitrogens with two attached hydrogens (primary N) is 1. The van der Waals surface area contributed by atoms with Gasteiger partial charge in [-0.2, -0.15) is 4.98 Å². The highest BCUT2D eigenvalue weighted by molar-refractivity contribution is 9.10. The van der Waals surface area contributed by atoms with E-state index < -0.39 is 0 Å². The van der Waals surface area contributed by atoms with E-state index in [1.165, 1.54) is 0 Å². The Labute approximate surface area is 129 Å². The van der Waals surface area contributed by atoms with Crippen LogP contribution < -0.4 is 10.5 Å². The predicted octanol–water partition coefficient (Wildman–Crippen LogP) is 4.00.